The normalized spacial score (nSPS) is 16.7. The predicted octanol–water partition coefficient (Wildman–Crippen LogP) is 1.56. The Balaban J connectivity index is 2.19. The molecule has 1 aromatic rings. The Bertz CT molecular complexity index is 322. The minimum absolute atomic E-state index is 0.383. The fourth-order valence-electron chi connectivity index (χ4n) is 2.12. The van der Waals surface area contributed by atoms with Crippen LogP contribution >= 0.6 is 0 Å². The zero-order valence-corrected chi connectivity index (χ0v) is 8.37. The van der Waals surface area contributed by atoms with Crippen LogP contribution < -0.4 is 5.73 Å². The smallest absolute Gasteiger partial charge is 0.0802 e. The minimum Gasteiger partial charge on any atom is -0.388 e. The average molecular weight is 191 g/mol. The van der Waals surface area contributed by atoms with Gasteiger partial charge in [-0.25, -0.2) is 0 Å². The molecule has 0 bridgehead atoms. The van der Waals surface area contributed by atoms with Crippen molar-refractivity contribution < 1.29 is 5.11 Å². The lowest BCUT2D eigenvalue weighted by Gasteiger charge is -2.11. The second-order valence-electron chi connectivity index (χ2n) is 3.97. The van der Waals surface area contributed by atoms with Gasteiger partial charge >= 0.3 is 0 Å². The molecule has 14 heavy (non-hydrogen) atoms. The largest absolute Gasteiger partial charge is 0.388 e. The second-order valence-corrected chi connectivity index (χ2v) is 3.97. The summed E-state index contributed by atoms with van der Waals surface area (Å²) in [6.45, 7) is 0.540. The van der Waals surface area contributed by atoms with Crippen molar-refractivity contribution in [2.75, 3.05) is 6.54 Å². The highest BCUT2D eigenvalue weighted by Gasteiger charge is 2.13. The molecule has 2 heteroatoms. The lowest BCUT2D eigenvalue weighted by molar-refractivity contribution is 0.170. The predicted molar refractivity (Wildman–Crippen MR) is 57.1 cm³/mol. The third-order valence-electron chi connectivity index (χ3n) is 2.95. The number of fused-ring (bicyclic) bond motifs is 1. The van der Waals surface area contributed by atoms with Gasteiger partial charge in [0.05, 0.1) is 6.10 Å². The highest BCUT2D eigenvalue weighted by molar-refractivity contribution is 5.36. The second kappa shape index (κ2) is 4.11. The molecule has 1 atom stereocenters. The molecule has 0 aliphatic heterocycles. The van der Waals surface area contributed by atoms with E-state index >= 15 is 0 Å². The van der Waals surface area contributed by atoms with Gasteiger partial charge in [0.25, 0.3) is 0 Å². The van der Waals surface area contributed by atoms with Gasteiger partial charge in [-0.15, -0.1) is 0 Å². The van der Waals surface area contributed by atoms with E-state index in [0.29, 0.717) is 13.0 Å². The number of aryl methyl sites for hydroxylation is 2. The third kappa shape index (κ3) is 1.81. The molecule has 0 heterocycles. The fourth-order valence-corrected chi connectivity index (χ4v) is 2.12. The van der Waals surface area contributed by atoms with Crippen LogP contribution in [0.1, 0.15) is 35.6 Å². The zero-order valence-electron chi connectivity index (χ0n) is 8.37. The fraction of sp³-hybridized carbons (Fsp3) is 0.500. The van der Waals surface area contributed by atoms with Crippen molar-refractivity contribution in [3.05, 3.63) is 34.9 Å². The number of aliphatic hydroxyl groups excluding tert-OH is 1. The van der Waals surface area contributed by atoms with E-state index in [-0.39, 0.29) is 6.10 Å². The zero-order chi connectivity index (χ0) is 9.97. The van der Waals surface area contributed by atoms with Crippen molar-refractivity contribution in [3.8, 4) is 0 Å². The standard InChI is InChI=1S/C12H17NO/c13-7-6-12(14)11-5-4-9-2-1-3-10(9)8-11/h4-5,8,12,14H,1-3,6-7,13H2. The van der Waals surface area contributed by atoms with Crippen LogP contribution in [0.25, 0.3) is 0 Å². The molecule has 0 spiro atoms. The molecule has 0 radical (unpaired) electrons. The molecule has 1 aliphatic carbocycles. The summed E-state index contributed by atoms with van der Waals surface area (Å²) in [6.07, 6.45) is 3.89. The van der Waals surface area contributed by atoms with Gasteiger partial charge in [-0.1, -0.05) is 18.2 Å². The summed E-state index contributed by atoms with van der Waals surface area (Å²) in [5.41, 5.74) is 9.31. The van der Waals surface area contributed by atoms with E-state index < -0.39 is 0 Å². The van der Waals surface area contributed by atoms with E-state index in [2.05, 4.69) is 12.1 Å². The molecule has 2 nitrogen and oxygen atoms in total. The molecule has 0 fully saturated rings. The molecule has 3 N–H and O–H groups in total. The van der Waals surface area contributed by atoms with Gasteiger partial charge in [0, 0.05) is 0 Å². The van der Waals surface area contributed by atoms with E-state index in [0.717, 1.165) is 5.56 Å². The van der Waals surface area contributed by atoms with E-state index in [1.807, 2.05) is 6.07 Å². The van der Waals surface area contributed by atoms with E-state index in [4.69, 9.17) is 5.73 Å². The Labute approximate surface area is 84.7 Å². The SMILES string of the molecule is NCCC(O)c1ccc2c(c1)CCC2. The van der Waals surface area contributed by atoms with Gasteiger partial charge in [0.2, 0.25) is 0 Å². The van der Waals surface area contributed by atoms with Crippen LogP contribution in [0.5, 0.6) is 0 Å². The number of nitrogens with two attached hydrogens (primary N) is 1. The van der Waals surface area contributed by atoms with Crippen LogP contribution in [0.15, 0.2) is 18.2 Å². The highest BCUT2D eigenvalue weighted by atomic mass is 16.3. The molecule has 0 saturated carbocycles. The summed E-state index contributed by atoms with van der Waals surface area (Å²) in [5.74, 6) is 0. The monoisotopic (exact) mass is 191 g/mol. The van der Waals surface area contributed by atoms with Gasteiger partial charge < -0.3 is 10.8 Å². The van der Waals surface area contributed by atoms with Crippen LogP contribution in [0.3, 0.4) is 0 Å². The molecule has 0 saturated heterocycles. The Kier molecular flexibility index (Phi) is 2.85. The molecule has 0 aromatic heterocycles. The molecular weight excluding hydrogens is 174 g/mol. The first-order valence-electron chi connectivity index (χ1n) is 5.31. The summed E-state index contributed by atoms with van der Waals surface area (Å²) >= 11 is 0. The van der Waals surface area contributed by atoms with E-state index in [9.17, 15) is 5.11 Å². The summed E-state index contributed by atoms with van der Waals surface area (Å²) in [5, 5.41) is 9.77. The van der Waals surface area contributed by atoms with Crippen molar-refractivity contribution in [2.45, 2.75) is 31.8 Å². The van der Waals surface area contributed by atoms with Crippen molar-refractivity contribution in [1.82, 2.24) is 0 Å². The topological polar surface area (TPSA) is 46.2 Å². The number of hydrogen-bond donors (Lipinski definition) is 2. The maximum atomic E-state index is 9.77. The van der Waals surface area contributed by atoms with Crippen molar-refractivity contribution in [3.63, 3.8) is 0 Å². The average Bonchev–Trinajstić information content (AvgIpc) is 2.64. The van der Waals surface area contributed by atoms with Crippen LogP contribution in [0.4, 0.5) is 0 Å². The number of aliphatic hydroxyl groups is 1. The first-order valence-corrected chi connectivity index (χ1v) is 5.31. The molecule has 0 amide bonds. The summed E-state index contributed by atoms with van der Waals surface area (Å²) < 4.78 is 0. The van der Waals surface area contributed by atoms with E-state index in [1.54, 1.807) is 0 Å². The van der Waals surface area contributed by atoms with Crippen molar-refractivity contribution in [1.29, 1.82) is 0 Å². The summed E-state index contributed by atoms with van der Waals surface area (Å²) in [6, 6.07) is 6.32. The van der Waals surface area contributed by atoms with Crippen LogP contribution in [0.2, 0.25) is 0 Å². The van der Waals surface area contributed by atoms with Crippen molar-refractivity contribution >= 4 is 0 Å². The summed E-state index contributed by atoms with van der Waals surface area (Å²) in [4.78, 5) is 0. The third-order valence-corrected chi connectivity index (χ3v) is 2.95. The summed E-state index contributed by atoms with van der Waals surface area (Å²) in [7, 11) is 0. The number of hydrogen-bond acceptors (Lipinski definition) is 2. The number of rotatable bonds is 3. The minimum atomic E-state index is -0.383. The molecular formula is C12H17NO. The van der Waals surface area contributed by atoms with Gasteiger partial charge in [-0.05, 0) is 48.9 Å². The Morgan fingerprint density at radius 1 is 1.29 bits per heavy atom. The Morgan fingerprint density at radius 3 is 2.86 bits per heavy atom. The first kappa shape index (κ1) is 9.69. The van der Waals surface area contributed by atoms with Gasteiger partial charge in [-0.3, -0.25) is 0 Å². The Hall–Kier alpha value is -0.860. The van der Waals surface area contributed by atoms with Crippen LogP contribution in [-0.4, -0.2) is 11.7 Å². The maximum Gasteiger partial charge on any atom is 0.0802 e. The lowest BCUT2D eigenvalue weighted by Crippen LogP contribution is -2.07. The quantitative estimate of drug-likeness (QED) is 0.761. The highest BCUT2D eigenvalue weighted by Crippen LogP contribution is 2.26. The molecule has 1 unspecified atom stereocenters. The van der Waals surface area contributed by atoms with Crippen LogP contribution in [-0.2, 0) is 12.8 Å². The molecule has 1 aromatic carbocycles. The van der Waals surface area contributed by atoms with Crippen LogP contribution in [0, 0.1) is 0 Å². The Morgan fingerprint density at radius 2 is 2.07 bits per heavy atom. The molecule has 76 valence electrons. The van der Waals surface area contributed by atoms with Crippen molar-refractivity contribution in [2.24, 2.45) is 5.73 Å². The van der Waals surface area contributed by atoms with E-state index in [1.165, 1.54) is 30.4 Å². The lowest BCUT2D eigenvalue weighted by atomic mass is 10.0. The van der Waals surface area contributed by atoms with Gasteiger partial charge in [-0.2, -0.15) is 0 Å². The number of benzene rings is 1. The first-order chi connectivity index (χ1) is 6.81. The van der Waals surface area contributed by atoms with Gasteiger partial charge in [0.15, 0.2) is 0 Å². The molecule has 1 aliphatic rings. The maximum absolute atomic E-state index is 9.77. The van der Waals surface area contributed by atoms with Gasteiger partial charge in [0.1, 0.15) is 0 Å². The molecule has 2 rings (SSSR count).